The quantitative estimate of drug-likeness (QED) is 0.429. The van der Waals surface area contributed by atoms with Crippen LogP contribution in [0.2, 0.25) is 0 Å². The molecule has 1 saturated heterocycles. The van der Waals surface area contributed by atoms with Crippen LogP contribution in [-0.4, -0.2) is 62.1 Å². The summed E-state index contributed by atoms with van der Waals surface area (Å²) in [7, 11) is 0. The molecule has 1 spiro atoms. The number of amides is 1. The van der Waals surface area contributed by atoms with Crippen molar-refractivity contribution in [3.05, 3.63) is 41.9 Å². The highest BCUT2D eigenvalue weighted by molar-refractivity contribution is 6.08. The number of carboxylic acid groups (broad SMARTS) is 1. The van der Waals surface area contributed by atoms with Gasteiger partial charge >= 0.3 is 12.1 Å². The molecule has 3 aromatic rings. The molecule has 0 bridgehead atoms. The predicted octanol–water partition coefficient (Wildman–Crippen LogP) is 2.31. The van der Waals surface area contributed by atoms with Gasteiger partial charge in [0.05, 0.1) is 30.8 Å². The summed E-state index contributed by atoms with van der Waals surface area (Å²) >= 11 is 0. The van der Waals surface area contributed by atoms with Crippen LogP contribution in [-0.2, 0) is 11.3 Å². The summed E-state index contributed by atoms with van der Waals surface area (Å²) < 4.78 is 7.45. The molecule has 2 fully saturated rings. The summed E-state index contributed by atoms with van der Waals surface area (Å²) in [4.78, 5) is 29.7. The summed E-state index contributed by atoms with van der Waals surface area (Å²) in [5.74, 6) is -0.672. The van der Waals surface area contributed by atoms with Gasteiger partial charge in [0.1, 0.15) is 11.3 Å². The van der Waals surface area contributed by atoms with E-state index < -0.39 is 11.6 Å². The normalized spacial score (nSPS) is 23.2. The molecule has 1 amide bonds. The monoisotopic (exact) mass is 452 g/mol. The standard InChI is InChI=1S/C23H28N6O4/c1-13(29-12-23(33-22(29)32)7-14(8-23)9-25)16-3-2-4-17-18(20(21(30)31)27-19(16)17)15-10-26-28(11-15)6-5-24/h2-4,10-11,13-14,27H,5-9,12,24-25H2,1H3,(H,30,31)/t13-,14?,23?/m0/s1. The van der Waals surface area contributed by atoms with Crippen molar-refractivity contribution in [1.82, 2.24) is 19.7 Å². The lowest BCUT2D eigenvalue weighted by Gasteiger charge is -2.42. The molecule has 2 aromatic heterocycles. The zero-order valence-electron chi connectivity index (χ0n) is 18.5. The molecule has 0 unspecified atom stereocenters. The zero-order chi connectivity index (χ0) is 23.3. The number of para-hydroxylation sites is 1. The Kier molecular flexibility index (Phi) is 5.13. The van der Waals surface area contributed by atoms with Crippen LogP contribution in [0, 0.1) is 5.92 Å². The van der Waals surface area contributed by atoms with E-state index in [1.165, 1.54) is 0 Å². The van der Waals surface area contributed by atoms with Crippen LogP contribution in [0.5, 0.6) is 0 Å². The van der Waals surface area contributed by atoms with Crippen molar-refractivity contribution in [1.29, 1.82) is 0 Å². The van der Waals surface area contributed by atoms with E-state index in [9.17, 15) is 14.7 Å². The van der Waals surface area contributed by atoms with Crippen molar-refractivity contribution in [2.75, 3.05) is 19.6 Å². The van der Waals surface area contributed by atoms with E-state index in [2.05, 4.69) is 10.1 Å². The van der Waals surface area contributed by atoms with Gasteiger partial charge in [0.15, 0.2) is 0 Å². The molecule has 2 aliphatic rings. The maximum atomic E-state index is 12.7. The number of fused-ring (bicyclic) bond motifs is 1. The Morgan fingerprint density at radius 1 is 1.39 bits per heavy atom. The number of nitrogens with one attached hydrogen (secondary N) is 1. The number of rotatable bonds is 7. The van der Waals surface area contributed by atoms with Gasteiger partial charge in [-0.15, -0.1) is 0 Å². The van der Waals surface area contributed by atoms with E-state index in [4.69, 9.17) is 16.2 Å². The maximum Gasteiger partial charge on any atom is 0.411 e. The second kappa shape index (κ2) is 7.89. The minimum absolute atomic E-state index is 0.0854. The molecule has 3 heterocycles. The highest BCUT2D eigenvalue weighted by atomic mass is 16.6. The fourth-order valence-electron chi connectivity index (χ4n) is 5.28. The lowest BCUT2D eigenvalue weighted by Crippen LogP contribution is -2.49. The topological polar surface area (TPSA) is 152 Å². The van der Waals surface area contributed by atoms with Gasteiger partial charge in [0.2, 0.25) is 0 Å². The number of ether oxygens (including phenoxy) is 1. The molecule has 1 aliphatic carbocycles. The SMILES string of the molecule is C[C@@H](c1cccc2c(-c3cnn(CCN)c3)c(C(=O)O)[nH]c12)N1CC2(CC(CN)C2)OC1=O. The highest BCUT2D eigenvalue weighted by Gasteiger charge is 2.54. The van der Waals surface area contributed by atoms with E-state index in [1.54, 1.807) is 22.0 Å². The van der Waals surface area contributed by atoms with E-state index in [0.717, 1.165) is 23.8 Å². The molecule has 1 saturated carbocycles. The zero-order valence-corrected chi connectivity index (χ0v) is 18.5. The summed E-state index contributed by atoms with van der Waals surface area (Å²) in [5.41, 5.74) is 13.8. The average Bonchev–Trinajstić information content (AvgIpc) is 3.47. The molecule has 10 heteroatoms. The molecular formula is C23H28N6O4. The van der Waals surface area contributed by atoms with Crippen molar-refractivity contribution < 1.29 is 19.4 Å². The third-order valence-corrected chi connectivity index (χ3v) is 6.93. The van der Waals surface area contributed by atoms with Gasteiger partial charge in [-0.3, -0.25) is 9.58 Å². The van der Waals surface area contributed by atoms with E-state index in [0.29, 0.717) is 48.7 Å². The van der Waals surface area contributed by atoms with Gasteiger partial charge in [-0.1, -0.05) is 18.2 Å². The fraction of sp³-hybridized carbons (Fsp3) is 0.435. The first-order chi connectivity index (χ1) is 15.9. The third-order valence-electron chi connectivity index (χ3n) is 6.93. The lowest BCUT2D eigenvalue weighted by atomic mass is 9.71. The van der Waals surface area contributed by atoms with Crippen molar-refractivity contribution in [3.63, 3.8) is 0 Å². The molecule has 1 aliphatic heterocycles. The first-order valence-electron chi connectivity index (χ1n) is 11.2. The fourth-order valence-corrected chi connectivity index (χ4v) is 5.28. The Morgan fingerprint density at radius 2 is 2.18 bits per heavy atom. The molecule has 0 radical (unpaired) electrons. The van der Waals surface area contributed by atoms with Crippen molar-refractivity contribution in [3.8, 4) is 11.1 Å². The number of benzene rings is 1. The van der Waals surface area contributed by atoms with Crippen LogP contribution in [0.4, 0.5) is 4.79 Å². The number of aromatic carboxylic acids is 1. The first-order valence-corrected chi connectivity index (χ1v) is 11.2. The van der Waals surface area contributed by atoms with Gasteiger partial charge in [0.25, 0.3) is 0 Å². The average molecular weight is 453 g/mol. The van der Waals surface area contributed by atoms with Gasteiger partial charge in [-0.05, 0) is 37.8 Å². The number of carbonyl (C=O) groups excluding carboxylic acids is 1. The van der Waals surface area contributed by atoms with Gasteiger partial charge in [-0.25, -0.2) is 9.59 Å². The Morgan fingerprint density at radius 3 is 2.88 bits per heavy atom. The lowest BCUT2D eigenvalue weighted by molar-refractivity contribution is -0.0439. The minimum Gasteiger partial charge on any atom is -0.477 e. The number of hydrogen-bond acceptors (Lipinski definition) is 6. The Labute approximate surface area is 190 Å². The Balaban J connectivity index is 1.53. The van der Waals surface area contributed by atoms with Crippen LogP contribution < -0.4 is 11.5 Å². The summed E-state index contributed by atoms with van der Waals surface area (Å²) in [6.45, 7) is 4.01. The summed E-state index contributed by atoms with van der Waals surface area (Å²) in [6, 6.07) is 5.38. The molecule has 1 atom stereocenters. The minimum atomic E-state index is -1.06. The van der Waals surface area contributed by atoms with E-state index >= 15 is 0 Å². The number of aromatic amines is 1. The number of nitrogens with two attached hydrogens (primary N) is 2. The third kappa shape index (κ3) is 3.46. The molecule has 1 aromatic carbocycles. The Bertz CT molecular complexity index is 1220. The number of nitrogens with zero attached hydrogens (tertiary/aromatic N) is 3. The molecular weight excluding hydrogens is 424 g/mol. The van der Waals surface area contributed by atoms with E-state index in [-0.39, 0.29) is 17.8 Å². The van der Waals surface area contributed by atoms with Gasteiger partial charge < -0.3 is 26.3 Å². The summed E-state index contributed by atoms with van der Waals surface area (Å²) in [6.07, 6.45) is 4.66. The Hall–Kier alpha value is -3.37. The van der Waals surface area contributed by atoms with Crippen molar-refractivity contribution in [2.24, 2.45) is 17.4 Å². The van der Waals surface area contributed by atoms with Crippen molar-refractivity contribution in [2.45, 2.75) is 38.0 Å². The largest absolute Gasteiger partial charge is 0.477 e. The van der Waals surface area contributed by atoms with Gasteiger partial charge in [0, 0.05) is 29.3 Å². The number of carboxylic acids is 1. The van der Waals surface area contributed by atoms with Crippen LogP contribution >= 0.6 is 0 Å². The van der Waals surface area contributed by atoms with Crippen LogP contribution in [0.25, 0.3) is 22.0 Å². The highest BCUT2D eigenvalue weighted by Crippen LogP contribution is 2.47. The number of carbonyl (C=O) groups is 2. The number of aromatic nitrogens is 3. The van der Waals surface area contributed by atoms with Crippen LogP contribution in [0.3, 0.4) is 0 Å². The molecule has 174 valence electrons. The molecule has 33 heavy (non-hydrogen) atoms. The summed E-state index contributed by atoms with van der Waals surface area (Å²) in [5, 5.41) is 15.0. The van der Waals surface area contributed by atoms with Gasteiger partial charge in [-0.2, -0.15) is 5.10 Å². The second-order valence-corrected chi connectivity index (χ2v) is 9.10. The first kappa shape index (κ1) is 21.5. The molecule has 6 N–H and O–H groups in total. The molecule has 5 rings (SSSR count). The van der Waals surface area contributed by atoms with Crippen molar-refractivity contribution >= 4 is 23.0 Å². The van der Waals surface area contributed by atoms with Crippen LogP contribution in [0.15, 0.2) is 30.6 Å². The predicted molar refractivity (Wildman–Crippen MR) is 122 cm³/mol. The number of hydrogen-bond donors (Lipinski definition) is 4. The molecule has 10 nitrogen and oxygen atoms in total. The van der Waals surface area contributed by atoms with Crippen LogP contribution in [0.1, 0.15) is 41.9 Å². The second-order valence-electron chi connectivity index (χ2n) is 9.10. The maximum absolute atomic E-state index is 12.7. The smallest absolute Gasteiger partial charge is 0.411 e. The van der Waals surface area contributed by atoms with E-state index in [1.807, 2.05) is 25.1 Å². The number of H-pyrrole nitrogens is 1.